The van der Waals surface area contributed by atoms with Crippen molar-refractivity contribution in [2.45, 2.75) is 0 Å². The summed E-state index contributed by atoms with van der Waals surface area (Å²) >= 11 is 0. The fourth-order valence-electron chi connectivity index (χ4n) is 0. The van der Waals surface area contributed by atoms with Crippen LogP contribution in [0.3, 0.4) is 0 Å². The molecule has 0 aromatic rings. The summed E-state index contributed by atoms with van der Waals surface area (Å²) in [5.41, 5.74) is 0. The molecule has 28 valence electrons. The molecule has 0 saturated carbocycles. The summed E-state index contributed by atoms with van der Waals surface area (Å²) in [5.74, 6) is 0. The maximum Gasteiger partial charge on any atom is 2.00 e. The summed E-state index contributed by atoms with van der Waals surface area (Å²) < 4.78 is 0. The summed E-state index contributed by atoms with van der Waals surface area (Å²) in [6, 6.07) is 0. The molecule has 0 aromatic heterocycles. The Morgan fingerprint density at radius 3 is 1.00 bits per heavy atom. The van der Waals surface area contributed by atoms with E-state index in [1.54, 1.807) is 0 Å². The molecule has 0 saturated heterocycles. The minimum Gasteiger partial charge on any atom is -1.00 e. The summed E-state index contributed by atoms with van der Waals surface area (Å²) in [5, 5.41) is 0. The second kappa shape index (κ2) is 22.3. The SMILES string of the molecule is O.O.[Ca+2].[Fe].[H-].[H-]. The Morgan fingerprint density at radius 1 is 1.00 bits per heavy atom. The smallest absolute Gasteiger partial charge is 1.00 e. The first-order chi connectivity index (χ1) is 0. The fraction of sp³-hybridized carbons (Fsp3) is 0. The van der Waals surface area contributed by atoms with Crippen molar-refractivity contribution >= 4 is 37.7 Å². The Labute approximate surface area is 68.0 Å². The minimum atomic E-state index is 0. The van der Waals surface area contributed by atoms with Gasteiger partial charge in [-0.2, -0.15) is 0 Å². The standard InChI is InChI=1S/Ca.Fe.2H2O.2H/h;;2*1H2;;/q+2;;;;2*-1. The van der Waals surface area contributed by atoms with Crippen LogP contribution in [-0.2, 0) is 17.1 Å². The van der Waals surface area contributed by atoms with Crippen molar-refractivity contribution in [3.05, 3.63) is 0 Å². The van der Waals surface area contributed by atoms with Crippen LogP contribution in [0, 0.1) is 0 Å². The number of hydrogen-bond donors (Lipinski definition) is 0. The topological polar surface area (TPSA) is 63.0 Å². The molecular formula is H6CaFeO2. The van der Waals surface area contributed by atoms with E-state index in [9.17, 15) is 0 Å². The van der Waals surface area contributed by atoms with Gasteiger partial charge in [-0.25, -0.2) is 0 Å². The second-order valence-corrected chi connectivity index (χ2v) is 0. The van der Waals surface area contributed by atoms with Gasteiger partial charge in [0.1, 0.15) is 0 Å². The van der Waals surface area contributed by atoms with E-state index >= 15 is 0 Å². The van der Waals surface area contributed by atoms with Crippen molar-refractivity contribution in [2.75, 3.05) is 0 Å². The summed E-state index contributed by atoms with van der Waals surface area (Å²) in [7, 11) is 0. The van der Waals surface area contributed by atoms with Crippen LogP contribution in [-0.4, -0.2) is 48.7 Å². The van der Waals surface area contributed by atoms with E-state index < -0.39 is 0 Å². The molecule has 0 unspecified atom stereocenters. The van der Waals surface area contributed by atoms with Gasteiger partial charge in [0.15, 0.2) is 0 Å². The zero-order valence-electron chi connectivity index (χ0n) is 4.06. The Morgan fingerprint density at radius 2 is 1.00 bits per heavy atom. The van der Waals surface area contributed by atoms with Crippen molar-refractivity contribution in [1.82, 2.24) is 0 Å². The van der Waals surface area contributed by atoms with E-state index in [2.05, 4.69) is 0 Å². The van der Waals surface area contributed by atoms with Crippen molar-refractivity contribution in [3.63, 3.8) is 0 Å². The van der Waals surface area contributed by atoms with E-state index in [0.29, 0.717) is 0 Å². The first-order valence-electron chi connectivity index (χ1n) is 0. The molecular weight excluding hydrogens is 128 g/mol. The molecule has 0 atom stereocenters. The molecule has 0 aliphatic rings. The molecule has 0 spiro atoms. The van der Waals surface area contributed by atoms with Crippen molar-refractivity contribution in [3.8, 4) is 0 Å². The molecule has 0 rings (SSSR count). The Kier molecular flexibility index (Phi) is 243. The van der Waals surface area contributed by atoms with Crippen molar-refractivity contribution in [2.24, 2.45) is 0 Å². The fourth-order valence-corrected chi connectivity index (χ4v) is 0. The second-order valence-electron chi connectivity index (χ2n) is 0. The molecule has 0 aliphatic heterocycles. The molecule has 0 bridgehead atoms. The first kappa shape index (κ1) is 43.6. The monoisotopic (exact) mass is 134 g/mol. The number of rotatable bonds is 0. The molecule has 0 amide bonds. The average molecular weight is 134 g/mol. The van der Waals surface area contributed by atoms with Crippen LogP contribution in [0.2, 0.25) is 0 Å². The molecule has 0 radical (unpaired) electrons. The van der Waals surface area contributed by atoms with Gasteiger partial charge in [-0.1, -0.05) is 0 Å². The van der Waals surface area contributed by atoms with Gasteiger partial charge in [-0.3, -0.25) is 0 Å². The molecule has 4 N–H and O–H groups in total. The van der Waals surface area contributed by atoms with Gasteiger partial charge in [0.2, 0.25) is 0 Å². The van der Waals surface area contributed by atoms with Crippen LogP contribution in [0.25, 0.3) is 0 Å². The number of hydrogen-bond acceptors (Lipinski definition) is 0. The molecule has 0 aliphatic carbocycles. The predicted octanol–water partition coefficient (Wildman–Crippen LogP) is -1.81. The molecule has 0 heterocycles. The van der Waals surface area contributed by atoms with Gasteiger partial charge in [-0.05, 0) is 0 Å². The van der Waals surface area contributed by atoms with Gasteiger partial charge in [-0.15, -0.1) is 0 Å². The summed E-state index contributed by atoms with van der Waals surface area (Å²) in [6.45, 7) is 0. The largest absolute Gasteiger partial charge is 2.00 e. The van der Waals surface area contributed by atoms with Crippen LogP contribution in [0.15, 0.2) is 0 Å². The van der Waals surface area contributed by atoms with E-state index in [1.165, 1.54) is 0 Å². The van der Waals surface area contributed by atoms with Gasteiger partial charge in [0, 0.05) is 17.1 Å². The van der Waals surface area contributed by atoms with Gasteiger partial charge < -0.3 is 13.8 Å². The normalized spacial score (nSPS) is 0. The summed E-state index contributed by atoms with van der Waals surface area (Å²) in [4.78, 5) is 0. The van der Waals surface area contributed by atoms with Gasteiger partial charge >= 0.3 is 37.7 Å². The van der Waals surface area contributed by atoms with Crippen LogP contribution in [0.1, 0.15) is 2.85 Å². The molecule has 0 fully saturated rings. The van der Waals surface area contributed by atoms with E-state index in [4.69, 9.17) is 0 Å². The molecule has 0 aromatic carbocycles. The zero-order chi connectivity index (χ0) is 0. The minimum absolute atomic E-state index is 0. The maximum atomic E-state index is 0. The molecule has 4 heavy (non-hydrogen) atoms. The van der Waals surface area contributed by atoms with Crippen LogP contribution < -0.4 is 0 Å². The first-order valence-corrected chi connectivity index (χ1v) is 0. The third-order valence-electron chi connectivity index (χ3n) is 0. The van der Waals surface area contributed by atoms with Crippen LogP contribution in [0.5, 0.6) is 0 Å². The average Bonchev–Trinajstić information content (AvgIpc) is 0. The zero-order valence-corrected chi connectivity index (χ0v) is 5.37. The van der Waals surface area contributed by atoms with Crippen molar-refractivity contribution < 1.29 is 30.9 Å². The van der Waals surface area contributed by atoms with E-state index in [1.807, 2.05) is 0 Å². The molecule has 2 nitrogen and oxygen atoms in total. The Balaban J connectivity index is 0. The van der Waals surface area contributed by atoms with Gasteiger partial charge in [0.05, 0.1) is 0 Å². The Bertz CT molecular complexity index is 11.5. The van der Waals surface area contributed by atoms with E-state index in [0.717, 1.165) is 0 Å². The predicted molar refractivity (Wildman–Crippen MR) is 15.2 cm³/mol. The quantitative estimate of drug-likeness (QED) is 0.350. The van der Waals surface area contributed by atoms with Crippen LogP contribution in [0.4, 0.5) is 0 Å². The van der Waals surface area contributed by atoms with E-state index in [-0.39, 0.29) is 68.6 Å². The molecule has 4 heteroatoms. The third kappa shape index (κ3) is 9.33. The summed E-state index contributed by atoms with van der Waals surface area (Å²) in [6.07, 6.45) is 0. The third-order valence-corrected chi connectivity index (χ3v) is 0. The van der Waals surface area contributed by atoms with Crippen LogP contribution >= 0.6 is 0 Å². The van der Waals surface area contributed by atoms with Gasteiger partial charge in [0.25, 0.3) is 0 Å². The maximum absolute atomic E-state index is 0. The van der Waals surface area contributed by atoms with Crippen molar-refractivity contribution in [1.29, 1.82) is 0 Å². The Hall–Kier alpha value is 1.70.